The number of nitrogens with one attached hydrogen (secondary N) is 1. The van der Waals surface area contributed by atoms with Gasteiger partial charge in [0.05, 0.1) is 18.6 Å². The summed E-state index contributed by atoms with van der Waals surface area (Å²) in [5, 5.41) is 2.50. The smallest absolute Gasteiger partial charge is 0.324 e. The SMILES string of the molecule is COc1ccc(S(=O)(=O)N2CCN(CCCN3C(=O)CNC3=O)CC2)cc1. The topological polar surface area (TPSA) is 99.3 Å². The van der Waals surface area contributed by atoms with Gasteiger partial charge in [-0.15, -0.1) is 0 Å². The van der Waals surface area contributed by atoms with Gasteiger partial charge in [0, 0.05) is 32.7 Å². The molecule has 2 aliphatic heterocycles. The van der Waals surface area contributed by atoms with Crippen LogP contribution in [0.25, 0.3) is 0 Å². The van der Waals surface area contributed by atoms with Gasteiger partial charge in [0.2, 0.25) is 15.9 Å². The van der Waals surface area contributed by atoms with Crippen LogP contribution in [0.15, 0.2) is 29.2 Å². The predicted octanol–water partition coefficient (Wildman–Crippen LogP) is -0.0566. The Hall–Kier alpha value is -2.17. The quantitative estimate of drug-likeness (QED) is 0.649. The van der Waals surface area contributed by atoms with E-state index < -0.39 is 10.0 Å². The van der Waals surface area contributed by atoms with Crippen molar-refractivity contribution in [3.63, 3.8) is 0 Å². The average molecular weight is 396 g/mol. The monoisotopic (exact) mass is 396 g/mol. The van der Waals surface area contributed by atoms with Crippen molar-refractivity contribution in [3.8, 4) is 5.75 Å². The van der Waals surface area contributed by atoms with Gasteiger partial charge >= 0.3 is 6.03 Å². The molecule has 2 heterocycles. The Kier molecular flexibility index (Phi) is 5.98. The van der Waals surface area contributed by atoms with Gasteiger partial charge in [0.25, 0.3) is 0 Å². The van der Waals surface area contributed by atoms with Gasteiger partial charge in [-0.05, 0) is 37.2 Å². The summed E-state index contributed by atoms with van der Waals surface area (Å²) < 4.78 is 32.0. The molecule has 0 aliphatic carbocycles. The lowest BCUT2D eigenvalue weighted by atomic mass is 10.3. The van der Waals surface area contributed by atoms with E-state index in [2.05, 4.69) is 10.2 Å². The van der Waals surface area contributed by atoms with Gasteiger partial charge in [-0.25, -0.2) is 13.2 Å². The first-order valence-corrected chi connectivity index (χ1v) is 10.3. The molecule has 1 N–H and O–H groups in total. The number of urea groups is 1. The first kappa shape index (κ1) is 19.6. The molecule has 2 fully saturated rings. The summed E-state index contributed by atoms with van der Waals surface area (Å²) >= 11 is 0. The van der Waals surface area contributed by atoms with Crippen molar-refractivity contribution in [2.45, 2.75) is 11.3 Å². The molecule has 0 saturated carbocycles. The number of piperazine rings is 1. The van der Waals surface area contributed by atoms with Crippen molar-refractivity contribution >= 4 is 22.0 Å². The second kappa shape index (κ2) is 8.24. The zero-order valence-corrected chi connectivity index (χ0v) is 16.1. The molecule has 148 valence electrons. The fourth-order valence-electron chi connectivity index (χ4n) is 3.22. The van der Waals surface area contributed by atoms with Crippen molar-refractivity contribution in [1.82, 2.24) is 19.4 Å². The zero-order valence-electron chi connectivity index (χ0n) is 15.3. The Balaban J connectivity index is 1.47. The highest BCUT2D eigenvalue weighted by Gasteiger charge is 2.30. The number of imide groups is 1. The molecule has 1 aromatic carbocycles. The summed E-state index contributed by atoms with van der Waals surface area (Å²) in [6, 6.07) is 6.05. The van der Waals surface area contributed by atoms with E-state index in [0.29, 0.717) is 51.4 Å². The molecule has 3 rings (SSSR count). The van der Waals surface area contributed by atoms with Gasteiger partial charge in [-0.1, -0.05) is 0 Å². The van der Waals surface area contributed by atoms with Crippen LogP contribution in [0.4, 0.5) is 4.79 Å². The molecule has 27 heavy (non-hydrogen) atoms. The third-order valence-corrected chi connectivity index (χ3v) is 6.73. The molecular formula is C17H24N4O5S. The maximum Gasteiger partial charge on any atom is 0.324 e. The summed E-state index contributed by atoms with van der Waals surface area (Å²) in [5.74, 6) is 0.416. The van der Waals surface area contributed by atoms with E-state index in [-0.39, 0.29) is 23.4 Å². The van der Waals surface area contributed by atoms with Gasteiger partial charge < -0.3 is 15.0 Å². The number of carbonyl (C=O) groups excluding carboxylic acids is 2. The Bertz CT molecular complexity index is 772. The molecule has 0 radical (unpaired) electrons. The second-order valence-electron chi connectivity index (χ2n) is 6.48. The van der Waals surface area contributed by atoms with Crippen LogP contribution in [0.1, 0.15) is 6.42 Å². The largest absolute Gasteiger partial charge is 0.497 e. The lowest BCUT2D eigenvalue weighted by molar-refractivity contribution is -0.125. The molecule has 1 aromatic rings. The Morgan fingerprint density at radius 2 is 1.70 bits per heavy atom. The number of ether oxygens (including phenoxy) is 1. The molecule has 0 aromatic heterocycles. The van der Waals surface area contributed by atoms with Gasteiger partial charge in [0.1, 0.15) is 5.75 Å². The Labute approximate surface area is 158 Å². The van der Waals surface area contributed by atoms with E-state index in [1.54, 1.807) is 24.3 Å². The third-order valence-electron chi connectivity index (χ3n) is 4.82. The average Bonchev–Trinajstić information content (AvgIpc) is 3.00. The number of hydrogen-bond acceptors (Lipinski definition) is 6. The number of hydrogen-bond donors (Lipinski definition) is 1. The van der Waals surface area contributed by atoms with Crippen LogP contribution in [-0.2, 0) is 14.8 Å². The normalized spacial score (nSPS) is 19.4. The van der Waals surface area contributed by atoms with E-state index in [4.69, 9.17) is 4.74 Å². The number of carbonyl (C=O) groups is 2. The fourth-order valence-corrected chi connectivity index (χ4v) is 4.65. The van der Waals surface area contributed by atoms with Crippen LogP contribution in [0.2, 0.25) is 0 Å². The number of amides is 3. The minimum atomic E-state index is -3.51. The first-order chi connectivity index (χ1) is 12.9. The lowest BCUT2D eigenvalue weighted by Crippen LogP contribution is -2.49. The van der Waals surface area contributed by atoms with E-state index in [9.17, 15) is 18.0 Å². The van der Waals surface area contributed by atoms with E-state index in [1.165, 1.54) is 16.3 Å². The first-order valence-electron chi connectivity index (χ1n) is 8.86. The Morgan fingerprint density at radius 1 is 1.04 bits per heavy atom. The van der Waals surface area contributed by atoms with Crippen molar-refractivity contribution in [2.24, 2.45) is 0 Å². The van der Waals surface area contributed by atoms with Crippen LogP contribution in [0.5, 0.6) is 5.75 Å². The van der Waals surface area contributed by atoms with E-state index in [0.717, 1.165) is 0 Å². The van der Waals surface area contributed by atoms with Crippen LogP contribution < -0.4 is 10.1 Å². The number of sulfonamides is 1. The highest BCUT2D eigenvalue weighted by molar-refractivity contribution is 7.89. The maximum absolute atomic E-state index is 12.7. The van der Waals surface area contributed by atoms with Crippen molar-refractivity contribution < 1.29 is 22.7 Å². The maximum atomic E-state index is 12.7. The molecule has 0 spiro atoms. The molecule has 0 atom stereocenters. The fraction of sp³-hybridized carbons (Fsp3) is 0.529. The van der Waals surface area contributed by atoms with Crippen molar-refractivity contribution in [1.29, 1.82) is 0 Å². The molecule has 3 amide bonds. The van der Waals surface area contributed by atoms with E-state index >= 15 is 0 Å². The standard InChI is InChI=1S/C17H24N4O5S/c1-26-14-3-5-15(6-4-14)27(24,25)20-11-9-19(10-12-20)7-2-8-21-16(22)13-18-17(21)23/h3-6H,2,7-13H2,1H3,(H,18,23). The zero-order chi connectivity index (χ0) is 19.4. The molecule has 9 nitrogen and oxygen atoms in total. The van der Waals surface area contributed by atoms with E-state index in [1.807, 2.05) is 0 Å². The molecule has 2 aliphatic rings. The Morgan fingerprint density at radius 3 is 2.26 bits per heavy atom. The summed E-state index contributed by atoms with van der Waals surface area (Å²) in [6.07, 6.45) is 0.671. The van der Waals surface area contributed by atoms with Crippen LogP contribution in [0.3, 0.4) is 0 Å². The predicted molar refractivity (Wildman–Crippen MR) is 97.9 cm³/mol. The molecule has 0 bridgehead atoms. The number of benzene rings is 1. The second-order valence-corrected chi connectivity index (χ2v) is 8.42. The molecule has 2 saturated heterocycles. The molecular weight excluding hydrogens is 372 g/mol. The van der Waals surface area contributed by atoms with Gasteiger partial charge in [0.15, 0.2) is 0 Å². The lowest BCUT2D eigenvalue weighted by Gasteiger charge is -2.34. The minimum absolute atomic E-state index is 0.0702. The summed E-state index contributed by atoms with van der Waals surface area (Å²) in [4.78, 5) is 26.7. The number of nitrogens with zero attached hydrogens (tertiary/aromatic N) is 3. The number of rotatable bonds is 7. The number of methoxy groups -OCH3 is 1. The summed E-state index contributed by atoms with van der Waals surface area (Å²) in [6.45, 7) is 3.24. The minimum Gasteiger partial charge on any atom is -0.497 e. The highest BCUT2D eigenvalue weighted by atomic mass is 32.2. The highest BCUT2D eigenvalue weighted by Crippen LogP contribution is 2.20. The summed E-state index contributed by atoms with van der Waals surface area (Å²) in [7, 11) is -1.98. The van der Waals surface area contributed by atoms with Crippen molar-refractivity contribution in [2.75, 3.05) is 52.9 Å². The van der Waals surface area contributed by atoms with Crippen LogP contribution in [0, 0.1) is 0 Å². The van der Waals surface area contributed by atoms with Crippen LogP contribution >= 0.6 is 0 Å². The van der Waals surface area contributed by atoms with Crippen LogP contribution in [-0.4, -0.2) is 87.4 Å². The van der Waals surface area contributed by atoms with Gasteiger partial charge in [-0.3, -0.25) is 9.69 Å². The van der Waals surface area contributed by atoms with Crippen molar-refractivity contribution in [3.05, 3.63) is 24.3 Å². The summed E-state index contributed by atoms with van der Waals surface area (Å²) in [5.41, 5.74) is 0. The van der Waals surface area contributed by atoms with Gasteiger partial charge in [-0.2, -0.15) is 4.31 Å². The molecule has 10 heteroatoms. The molecule has 0 unspecified atom stereocenters. The third kappa shape index (κ3) is 4.40.